The van der Waals surface area contributed by atoms with E-state index in [9.17, 15) is 5.11 Å². The van der Waals surface area contributed by atoms with Crippen LogP contribution < -0.4 is 5.32 Å². The van der Waals surface area contributed by atoms with Crippen molar-refractivity contribution in [3.63, 3.8) is 0 Å². The highest BCUT2D eigenvalue weighted by atomic mass is 35.5. The predicted molar refractivity (Wildman–Crippen MR) is 87.5 cm³/mol. The van der Waals surface area contributed by atoms with Gasteiger partial charge in [0.2, 0.25) is 0 Å². The fourth-order valence-corrected chi connectivity index (χ4v) is 3.05. The van der Waals surface area contributed by atoms with E-state index < -0.39 is 0 Å². The molecule has 3 rings (SSSR count). The van der Waals surface area contributed by atoms with E-state index in [0.717, 1.165) is 32.1 Å². The second-order valence-electron chi connectivity index (χ2n) is 5.28. The van der Waals surface area contributed by atoms with Crippen LogP contribution in [0, 0.1) is 5.92 Å². The van der Waals surface area contributed by atoms with Crippen molar-refractivity contribution in [2.24, 2.45) is 5.92 Å². The zero-order valence-corrected chi connectivity index (χ0v) is 13.6. The number of hydrogen-bond donors (Lipinski definition) is 2. The molecule has 0 aromatic heterocycles. The molecule has 2 aliphatic rings. The van der Waals surface area contributed by atoms with E-state index in [1.807, 2.05) is 12.1 Å². The maximum absolute atomic E-state index is 9.53. The Hall–Kier alpha value is -0.190. The fraction of sp³-hybridized carbons (Fsp3) is 0.571. The minimum absolute atomic E-state index is 0. The van der Waals surface area contributed by atoms with Crippen LogP contribution in [0.15, 0.2) is 18.2 Å². The molecule has 1 aliphatic heterocycles. The standard InChI is InChI=1S/C14H19ClN2O.2ClH/c15-12-9-11(3-4-13(12)18)14(10-1-2-10)17-7-5-16-6-8-17;;/h3-4,9-10,14,16,18H,1-2,5-8H2;2*1H/t14-;;/m0../s1. The largest absolute Gasteiger partial charge is 0.506 e. The van der Waals surface area contributed by atoms with Crippen molar-refractivity contribution in [3.8, 4) is 5.75 Å². The van der Waals surface area contributed by atoms with Crippen molar-refractivity contribution < 1.29 is 5.11 Å². The third-order valence-electron chi connectivity index (χ3n) is 3.93. The van der Waals surface area contributed by atoms with Gasteiger partial charge in [0.25, 0.3) is 0 Å². The molecule has 1 atom stereocenters. The Kier molecular flexibility index (Phi) is 6.89. The monoisotopic (exact) mass is 338 g/mol. The van der Waals surface area contributed by atoms with Crippen LogP contribution in [0.2, 0.25) is 5.02 Å². The first-order valence-electron chi connectivity index (χ1n) is 6.69. The molecule has 0 spiro atoms. The number of nitrogens with zero attached hydrogens (tertiary/aromatic N) is 1. The maximum Gasteiger partial charge on any atom is 0.134 e. The van der Waals surface area contributed by atoms with Gasteiger partial charge in [-0.15, -0.1) is 24.8 Å². The van der Waals surface area contributed by atoms with E-state index in [-0.39, 0.29) is 30.6 Å². The summed E-state index contributed by atoms with van der Waals surface area (Å²) in [6, 6.07) is 6.15. The second kappa shape index (κ2) is 7.71. The van der Waals surface area contributed by atoms with Crippen LogP contribution in [0.5, 0.6) is 5.75 Å². The van der Waals surface area contributed by atoms with E-state index in [4.69, 9.17) is 11.6 Å². The fourth-order valence-electron chi connectivity index (χ4n) is 2.86. The number of rotatable bonds is 3. The molecule has 1 saturated heterocycles. The van der Waals surface area contributed by atoms with Gasteiger partial charge < -0.3 is 10.4 Å². The first-order valence-corrected chi connectivity index (χ1v) is 7.06. The topological polar surface area (TPSA) is 35.5 Å². The lowest BCUT2D eigenvalue weighted by Crippen LogP contribution is -2.45. The van der Waals surface area contributed by atoms with Crippen molar-refractivity contribution in [2.45, 2.75) is 18.9 Å². The van der Waals surface area contributed by atoms with Crippen molar-refractivity contribution in [2.75, 3.05) is 26.2 Å². The van der Waals surface area contributed by atoms with Crippen LogP contribution in [0.25, 0.3) is 0 Å². The van der Waals surface area contributed by atoms with Gasteiger partial charge in [-0.05, 0) is 36.5 Å². The van der Waals surface area contributed by atoms with Crippen molar-refractivity contribution in [3.05, 3.63) is 28.8 Å². The number of phenolic OH excluding ortho intramolecular Hbond substituents is 1. The second-order valence-corrected chi connectivity index (χ2v) is 5.69. The van der Waals surface area contributed by atoms with Crippen LogP contribution in [0.1, 0.15) is 24.4 Å². The van der Waals surface area contributed by atoms with Crippen LogP contribution in [-0.2, 0) is 0 Å². The van der Waals surface area contributed by atoms with Gasteiger partial charge in [0.05, 0.1) is 5.02 Å². The average Bonchev–Trinajstić information content (AvgIpc) is 3.20. The SMILES string of the molecule is Cl.Cl.Oc1ccc([C@H](C2CC2)N2CCNCC2)cc1Cl. The summed E-state index contributed by atoms with van der Waals surface area (Å²) >= 11 is 6.04. The molecule has 1 aromatic carbocycles. The van der Waals surface area contributed by atoms with Gasteiger partial charge in [0.1, 0.15) is 5.75 Å². The highest BCUT2D eigenvalue weighted by molar-refractivity contribution is 6.32. The predicted octanol–water partition coefficient (Wildman–Crippen LogP) is 3.25. The summed E-state index contributed by atoms with van der Waals surface area (Å²) in [5.74, 6) is 0.944. The Morgan fingerprint density at radius 3 is 2.40 bits per heavy atom. The van der Waals surface area contributed by atoms with E-state index >= 15 is 0 Å². The van der Waals surface area contributed by atoms with Crippen molar-refractivity contribution in [1.29, 1.82) is 0 Å². The molecule has 1 aliphatic carbocycles. The molecule has 2 N–H and O–H groups in total. The minimum atomic E-state index is 0. The zero-order valence-electron chi connectivity index (χ0n) is 11.2. The van der Waals surface area contributed by atoms with E-state index in [1.54, 1.807) is 6.07 Å². The lowest BCUT2D eigenvalue weighted by atomic mass is 9.99. The molecule has 0 amide bonds. The van der Waals surface area contributed by atoms with Crippen LogP contribution >= 0.6 is 36.4 Å². The van der Waals surface area contributed by atoms with Crippen LogP contribution in [0.4, 0.5) is 0 Å². The van der Waals surface area contributed by atoms with Gasteiger partial charge in [-0.2, -0.15) is 0 Å². The maximum atomic E-state index is 9.53. The summed E-state index contributed by atoms with van der Waals surface area (Å²) in [6.07, 6.45) is 2.63. The zero-order chi connectivity index (χ0) is 12.5. The van der Waals surface area contributed by atoms with Gasteiger partial charge >= 0.3 is 0 Å². The Balaban J connectivity index is 0.000001000. The van der Waals surface area contributed by atoms with Gasteiger partial charge in [0, 0.05) is 32.2 Å². The number of benzene rings is 1. The number of piperazine rings is 1. The molecule has 1 aromatic rings. The summed E-state index contributed by atoms with van der Waals surface area (Å²) in [4.78, 5) is 2.55. The summed E-state index contributed by atoms with van der Waals surface area (Å²) in [5.41, 5.74) is 1.25. The molecule has 0 bridgehead atoms. The molecule has 0 radical (unpaired) electrons. The summed E-state index contributed by atoms with van der Waals surface area (Å²) < 4.78 is 0. The Bertz CT molecular complexity index is 434. The lowest BCUT2D eigenvalue weighted by Gasteiger charge is -2.35. The number of aromatic hydroxyl groups is 1. The summed E-state index contributed by atoms with van der Waals surface area (Å²) in [6.45, 7) is 4.32. The Labute approximate surface area is 137 Å². The highest BCUT2D eigenvalue weighted by Crippen LogP contribution is 2.45. The van der Waals surface area contributed by atoms with E-state index in [1.165, 1.54) is 18.4 Å². The first-order chi connectivity index (χ1) is 8.75. The third-order valence-corrected chi connectivity index (χ3v) is 4.23. The molecule has 0 unspecified atom stereocenters. The van der Waals surface area contributed by atoms with Crippen LogP contribution in [-0.4, -0.2) is 36.2 Å². The number of nitrogens with one attached hydrogen (secondary N) is 1. The van der Waals surface area contributed by atoms with E-state index in [0.29, 0.717) is 11.1 Å². The normalized spacial score (nSPS) is 20.6. The average molecular weight is 340 g/mol. The van der Waals surface area contributed by atoms with E-state index in [2.05, 4.69) is 10.2 Å². The van der Waals surface area contributed by atoms with Gasteiger partial charge in [-0.3, -0.25) is 4.90 Å². The molecule has 6 heteroatoms. The van der Waals surface area contributed by atoms with Crippen molar-refractivity contribution in [1.82, 2.24) is 10.2 Å². The molecular weight excluding hydrogens is 319 g/mol. The minimum Gasteiger partial charge on any atom is -0.506 e. The molecule has 114 valence electrons. The van der Waals surface area contributed by atoms with Gasteiger partial charge in [-0.1, -0.05) is 17.7 Å². The molecule has 3 nitrogen and oxygen atoms in total. The lowest BCUT2D eigenvalue weighted by molar-refractivity contribution is 0.156. The molecule has 1 saturated carbocycles. The summed E-state index contributed by atoms with van der Waals surface area (Å²) in [7, 11) is 0. The number of halogens is 3. The smallest absolute Gasteiger partial charge is 0.134 e. The summed E-state index contributed by atoms with van der Waals surface area (Å²) in [5, 5.41) is 13.4. The van der Waals surface area contributed by atoms with Crippen molar-refractivity contribution >= 4 is 36.4 Å². The quantitative estimate of drug-likeness (QED) is 0.887. The highest BCUT2D eigenvalue weighted by Gasteiger charge is 2.36. The molecule has 2 fully saturated rings. The Morgan fingerprint density at radius 2 is 1.85 bits per heavy atom. The Morgan fingerprint density at radius 1 is 1.20 bits per heavy atom. The molecule has 1 heterocycles. The third kappa shape index (κ3) is 3.92. The van der Waals surface area contributed by atoms with Crippen LogP contribution in [0.3, 0.4) is 0 Å². The molecule has 20 heavy (non-hydrogen) atoms. The number of hydrogen-bond acceptors (Lipinski definition) is 3. The number of phenols is 1. The molecular formula is C14H21Cl3N2O. The van der Waals surface area contributed by atoms with Gasteiger partial charge in [0.15, 0.2) is 0 Å². The van der Waals surface area contributed by atoms with Gasteiger partial charge in [-0.25, -0.2) is 0 Å². The first kappa shape index (κ1) is 17.9.